The highest BCUT2D eigenvalue weighted by Gasteiger charge is 2.27. The Kier molecular flexibility index (Phi) is 5.85. The summed E-state index contributed by atoms with van der Waals surface area (Å²) in [5.41, 5.74) is 3.69. The summed E-state index contributed by atoms with van der Waals surface area (Å²) in [6.07, 6.45) is 6.87. The van der Waals surface area contributed by atoms with Crippen LogP contribution in [0.1, 0.15) is 12.8 Å². The van der Waals surface area contributed by atoms with Crippen molar-refractivity contribution in [1.82, 2.24) is 19.9 Å². The van der Waals surface area contributed by atoms with Crippen molar-refractivity contribution >= 4 is 28.2 Å². The van der Waals surface area contributed by atoms with E-state index in [1.165, 1.54) is 11.3 Å². The van der Waals surface area contributed by atoms with E-state index in [0.29, 0.717) is 11.7 Å². The molecule has 1 aromatic carbocycles. The number of hydrogen-bond donors (Lipinski definition) is 1. The molecule has 32 heavy (non-hydrogen) atoms. The number of carbonyl (C=O) groups excluding carboxylic acids is 1. The first-order valence-electron chi connectivity index (χ1n) is 10.6. The zero-order valence-corrected chi connectivity index (χ0v) is 18.2. The van der Waals surface area contributed by atoms with E-state index in [1.54, 1.807) is 18.7 Å². The molecule has 160 valence electrons. The van der Waals surface area contributed by atoms with Gasteiger partial charge in [0.05, 0.1) is 17.3 Å². The van der Waals surface area contributed by atoms with Gasteiger partial charge in [0.1, 0.15) is 12.1 Å². The van der Waals surface area contributed by atoms with E-state index in [2.05, 4.69) is 30.2 Å². The van der Waals surface area contributed by atoms with Gasteiger partial charge in [0.15, 0.2) is 5.13 Å². The van der Waals surface area contributed by atoms with E-state index in [0.717, 1.165) is 47.7 Å². The van der Waals surface area contributed by atoms with Gasteiger partial charge in [-0.25, -0.2) is 15.0 Å². The quantitative estimate of drug-likeness (QED) is 0.489. The van der Waals surface area contributed by atoms with Gasteiger partial charge in [0.25, 0.3) is 0 Å². The Balaban J connectivity index is 1.26. The van der Waals surface area contributed by atoms with Crippen molar-refractivity contribution in [2.24, 2.45) is 5.92 Å². The van der Waals surface area contributed by atoms with Crippen LogP contribution < -0.4 is 10.2 Å². The first-order valence-corrected chi connectivity index (χ1v) is 11.4. The van der Waals surface area contributed by atoms with Crippen molar-refractivity contribution in [3.63, 3.8) is 0 Å². The molecule has 0 aliphatic carbocycles. The first-order chi connectivity index (χ1) is 15.8. The molecule has 7 nitrogen and oxygen atoms in total. The third kappa shape index (κ3) is 4.50. The predicted octanol–water partition coefficient (Wildman–Crippen LogP) is 4.52. The van der Waals surface area contributed by atoms with Crippen LogP contribution in [0.4, 0.5) is 10.9 Å². The highest BCUT2D eigenvalue weighted by molar-refractivity contribution is 7.14. The van der Waals surface area contributed by atoms with E-state index in [1.807, 2.05) is 53.9 Å². The summed E-state index contributed by atoms with van der Waals surface area (Å²) < 4.78 is 0. The van der Waals surface area contributed by atoms with Gasteiger partial charge in [-0.15, -0.1) is 11.3 Å². The number of hydrogen-bond acceptors (Lipinski definition) is 7. The number of rotatable bonds is 5. The molecule has 0 bridgehead atoms. The molecule has 1 aliphatic heterocycles. The summed E-state index contributed by atoms with van der Waals surface area (Å²) in [7, 11) is 0. The Labute approximate surface area is 190 Å². The number of aromatic nitrogens is 4. The summed E-state index contributed by atoms with van der Waals surface area (Å²) in [4.78, 5) is 32.7. The molecular weight excluding hydrogens is 420 g/mol. The summed E-state index contributed by atoms with van der Waals surface area (Å²) in [6.45, 7) is 1.50. The van der Waals surface area contributed by atoms with Crippen molar-refractivity contribution in [2.45, 2.75) is 12.8 Å². The molecule has 1 fully saturated rings. The molecule has 0 spiro atoms. The Morgan fingerprint density at radius 2 is 1.94 bits per heavy atom. The number of amides is 1. The van der Waals surface area contributed by atoms with Crippen molar-refractivity contribution in [3.05, 3.63) is 72.6 Å². The van der Waals surface area contributed by atoms with Gasteiger partial charge in [0.2, 0.25) is 5.91 Å². The second-order valence-electron chi connectivity index (χ2n) is 7.68. The summed E-state index contributed by atoms with van der Waals surface area (Å²) in [6, 6.07) is 15.9. The predicted molar refractivity (Wildman–Crippen MR) is 126 cm³/mol. The SMILES string of the molecule is O=C(Nc1nc(-c2cccnc2)cs1)C1CCCN(c2cc(-c3ccccc3)ncn2)C1. The second kappa shape index (κ2) is 9.23. The van der Waals surface area contributed by atoms with Crippen molar-refractivity contribution < 1.29 is 4.79 Å². The van der Waals surface area contributed by atoms with Crippen LogP contribution in [-0.2, 0) is 4.79 Å². The molecule has 1 unspecified atom stereocenters. The zero-order chi connectivity index (χ0) is 21.8. The number of carbonyl (C=O) groups is 1. The van der Waals surface area contributed by atoms with Gasteiger partial charge >= 0.3 is 0 Å². The fourth-order valence-electron chi connectivity index (χ4n) is 3.87. The van der Waals surface area contributed by atoms with E-state index in [9.17, 15) is 4.79 Å². The lowest BCUT2D eigenvalue weighted by atomic mass is 9.97. The monoisotopic (exact) mass is 442 g/mol. The molecule has 0 saturated carbocycles. The number of piperidine rings is 1. The Morgan fingerprint density at radius 1 is 1.06 bits per heavy atom. The van der Waals surface area contributed by atoms with E-state index < -0.39 is 0 Å². The fraction of sp³-hybridized carbons (Fsp3) is 0.208. The van der Waals surface area contributed by atoms with E-state index in [4.69, 9.17) is 0 Å². The van der Waals surface area contributed by atoms with Crippen LogP contribution >= 0.6 is 11.3 Å². The van der Waals surface area contributed by atoms with Crippen LogP contribution in [0.2, 0.25) is 0 Å². The Morgan fingerprint density at radius 3 is 2.78 bits per heavy atom. The highest BCUT2D eigenvalue weighted by atomic mass is 32.1. The third-order valence-electron chi connectivity index (χ3n) is 5.53. The fourth-order valence-corrected chi connectivity index (χ4v) is 4.59. The maximum absolute atomic E-state index is 13.0. The molecule has 4 aromatic rings. The third-order valence-corrected chi connectivity index (χ3v) is 6.29. The molecule has 1 N–H and O–H groups in total. The molecule has 1 atom stereocenters. The average Bonchev–Trinajstić information content (AvgIpc) is 3.34. The minimum absolute atomic E-state index is 0.000810. The molecule has 4 heterocycles. The maximum atomic E-state index is 13.0. The zero-order valence-electron chi connectivity index (χ0n) is 17.4. The molecule has 8 heteroatoms. The largest absolute Gasteiger partial charge is 0.356 e. The maximum Gasteiger partial charge on any atom is 0.231 e. The van der Waals surface area contributed by atoms with Gasteiger partial charge < -0.3 is 10.2 Å². The van der Waals surface area contributed by atoms with Gasteiger partial charge in [-0.2, -0.15) is 0 Å². The van der Waals surface area contributed by atoms with Crippen LogP contribution in [0.15, 0.2) is 72.6 Å². The van der Waals surface area contributed by atoms with Gasteiger partial charge in [-0.05, 0) is 25.0 Å². The summed E-state index contributed by atoms with van der Waals surface area (Å²) in [5.74, 6) is 0.730. The summed E-state index contributed by atoms with van der Waals surface area (Å²) >= 11 is 1.43. The Hall–Kier alpha value is -3.65. The van der Waals surface area contributed by atoms with E-state index in [-0.39, 0.29) is 11.8 Å². The normalized spacial score (nSPS) is 16.0. The number of nitrogens with one attached hydrogen (secondary N) is 1. The van der Waals surface area contributed by atoms with Crippen LogP contribution in [0.5, 0.6) is 0 Å². The molecule has 1 amide bonds. The van der Waals surface area contributed by atoms with Gasteiger partial charge in [-0.1, -0.05) is 30.3 Å². The second-order valence-corrected chi connectivity index (χ2v) is 8.54. The lowest BCUT2D eigenvalue weighted by molar-refractivity contribution is -0.120. The van der Waals surface area contributed by atoms with Gasteiger partial charge in [0, 0.05) is 48.1 Å². The van der Waals surface area contributed by atoms with Crippen LogP contribution in [0.3, 0.4) is 0 Å². The summed E-state index contributed by atoms with van der Waals surface area (Å²) in [5, 5.41) is 5.55. The number of anilines is 2. The smallest absolute Gasteiger partial charge is 0.231 e. The Bertz CT molecular complexity index is 1200. The average molecular weight is 443 g/mol. The number of thiazole rings is 1. The molecule has 1 aliphatic rings. The minimum atomic E-state index is -0.121. The number of pyridine rings is 1. The lowest BCUT2D eigenvalue weighted by Gasteiger charge is -2.32. The molecule has 0 radical (unpaired) electrons. The molecule has 1 saturated heterocycles. The number of nitrogens with zero attached hydrogens (tertiary/aromatic N) is 5. The van der Waals surface area contributed by atoms with Crippen molar-refractivity contribution in [3.8, 4) is 22.5 Å². The highest BCUT2D eigenvalue weighted by Crippen LogP contribution is 2.28. The van der Waals surface area contributed by atoms with Crippen LogP contribution in [-0.4, -0.2) is 38.9 Å². The standard InChI is InChI=1S/C24H22N6OS/c31-23(29-24-28-21(15-32-24)18-8-4-10-25-13-18)19-9-5-11-30(14-19)22-12-20(26-16-27-22)17-6-2-1-3-7-17/h1-4,6-8,10,12-13,15-16,19H,5,9,11,14H2,(H,28,29,31). The molecule has 3 aromatic heterocycles. The van der Waals surface area contributed by atoms with Crippen LogP contribution in [0.25, 0.3) is 22.5 Å². The molecular formula is C24H22N6OS. The van der Waals surface area contributed by atoms with Crippen LogP contribution in [0, 0.1) is 5.92 Å². The van der Waals surface area contributed by atoms with Crippen molar-refractivity contribution in [1.29, 1.82) is 0 Å². The lowest BCUT2D eigenvalue weighted by Crippen LogP contribution is -2.41. The van der Waals surface area contributed by atoms with Crippen molar-refractivity contribution in [2.75, 3.05) is 23.3 Å². The molecule has 5 rings (SSSR count). The number of benzene rings is 1. The van der Waals surface area contributed by atoms with Gasteiger partial charge in [-0.3, -0.25) is 9.78 Å². The van der Waals surface area contributed by atoms with E-state index >= 15 is 0 Å². The first kappa shape index (κ1) is 20.3. The topological polar surface area (TPSA) is 83.9 Å². The minimum Gasteiger partial charge on any atom is -0.356 e.